The van der Waals surface area contributed by atoms with Gasteiger partial charge in [-0.25, -0.2) is 9.48 Å². The van der Waals surface area contributed by atoms with E-state index in [9.17, 15) is 14.4 Å². The van der Waals surface area contributed by atoms with E-state index in [2.05, 4.69) is 10.4 Å². The molecular weight excluding hydrogens is 456 g/mol. The fraction of sp³-hybridized carbons (Fsp3) is 0.280. The molecule has 1 saturated heterocycles. The van der Waals surface area contributed by atoms with Crippen LogP contribution in [0.25, 0.3) is 0 Å². The van der Waals surface area contributed by atoms with Gasteiger partial charge in [0.25, 0.3) is 5.91 Å². The summed E-state index contributed by atoms with van der Waals surface area (Å²) in [6.07, 6.45) is 1.26. The Morgan fingerprint density at radius 1 is 1.12 bits per heavy atom. The molecule has 9 heteroatoms. The standard InChI is InChI=1S/C25H25ClN4O4/c1-16-9-11-18(12-10-16)14-30-24(26)23(17(2)28-30)25(33)34-15-21(31)27-19-6-3-4-7-20(19)29-13-5-8-22(29)32/h3-4,6-7,9-12H,5,8,13-15H2,1-2H3,(H,27,31). The quantitative estimate of drug-likeness (QED) is 0.513. The second-order valence-electron chi connectivity index (χ2n) is 8.18. The highest BCUT2D eigenvalue weighted by Crippen LogP contribution is 2.29. The molecule has 8 nitrogen and oxygen atoms in total. The number of esters is 1. The van der Waals surface area contributed by atoms with Gasteiger partial charge in [-0.1, -0.05) is 53.6 Å². The van der Waals surface area contributed by atoms with E-state index in [-0.39, 0.29) is 16.6 Å². The molecule has 34 heavy (non-hydrogen) atoms. The topological polar surface area (TPSA) is 93.5 Å². The molecule has 3 aromatic rings. The van der Waals surface area contributed by atoms with Crippen molar-refractivity contribution in [3.8, 4) is 0 Å². The Morgan fingerprint density at radius 3 is 2.56 bits per heavy atom. The lowest BCUT2D eigenvalue weighted by Crippen LogP contribution is -2.27. The summed E-state index contributed by atoms with van der Waals surface area (Å²) in [6, 6.07) is 15.0. The maximum Gasteiger partial charge on any atom is 0.343 e. The summed E-state index contributed by atoms with van der Waals surface area (Å²) >= 11 is 6.42. The lowest BCUT2D eigenvalue weighted by Gasteiger charge is -2.19. The number of hydrogen-bond donors (Lipinski definition) is 1. The van der Waals surface area contributed by atoms with Gasteiger partial charge in [0.15, 0.2) is 6.61 Å². The highest BCUT2D eigenvalue weighted by molar-refractivity contribution is 6.32. The number of amides is 2. The summed E-state index contributed by atoms with van der Waals surface area (Å²) in [5.74, 6) is -1.23. The van der Waals surface area contributed by atoms with Crippen molar-refractivity contribution in [1.82, 2.24) is 9.78 Å². The molecule has 1 aromatic heterocycles. The molecule has 0 unspecified atom stereocenters. The SMILES string of the molecule is Cc1ccc(Cn2nc(C)c(C(=O)OCC(=O)Nc3ccccc3N3CCCC3=O)c2Cl)cc1. The molecule has 2 heterocycles. The van der Waals surface area contributed by atoms with E-state index in [0.29, 0.717) is 36.6 Å². The summed E-state index contributed by atoms with van der Waals surface area (Å²) in [5, 5.41) is 7.23. The first-order valence-electron chi connectivity index (χ1n) is 11.0. The van der Waals surface area contributed by atoms with Gasteiger partial charge >= 0.3 is 5.97 Å². The van der Waals surface area contributed by atoms with Crippen molar-refractivity contribution < 1.29 is 19.1 Å². The predicted octanol–water partition coefficient (Wildman–Crippen LogP) is 4.12. The molecule has 0 bridgehead atoms. The number of ether oxygens (including phenoxy) is 1. The molecule has 2 amide bonds. The average molecular weight is 481 g/mol. The van der Waals surface area contributed by atoms with Crippen molar-refractivity contribution >= 4 is 40.8 Å². The molecule has 0 saturated carbocycles. The first kappa shape index (κ1) is 23.5. The Bertz CT molecular complexity index is 1240. The zero-order valence-electron chi connectivity index (χ0n) is 19.0. The molecule has 1 aliphatic rings. The van der Waals surface area contributed by atoms with Crippen LogP contribution >= 0.6 is 11.6 Å². The van der Waals surface area contributed by atoms with E-state index in [1.165, 1.54) is 4.68 Å². The Balaban J connectivity index is 1.40. The lowest BCUT2D eigenvalue weighted by atomic mass is 10.1. The minimum atomic E-state index is -0.726. The second kappa shape index (κ2) is 10.1. The monoisotopic (exact) mass is 480 g/mol. The van der Waals surface area contributed by atoms with Crippen LogP contribution in [0.15, 0.2) is 48.5 Å². The molecule has 0 aliphatic carbocycles. The van der Waals surface area contributed by atoms with Crippen molar-refractivity contribution in [1.29, 1.82) is 0 Å². The number of halogens is 1. The third kappa shape index (κ3) is 5.12. The van der Waals surface area contributed by atoms with Crippen molar-refractivity contribution in [2.45, 2.75) is 33.2 Å². The summed E-state index contributed by atoms with van der Waals surface area (Å²) in [6.45, 7) is 4.17. The zero-order chi connectivity index (χ0) is 24.2. The molecule has 0 radical (unpaired) electrons. The van der Waals surface area contributed by atoms with Crippen LogP contribution < -0.4 is 10.2 Å². The fourth-order valence-corrected chi connectivity index (χ4v) is 4.17. The van der Waals surface area contributed by atoms with Crippen LogP contribution in [0.3, 0.4) is 0 Å². The van der Waals surface area contributed by atoms with Crippen LogP contribution in [0.1, 0.15) is 40.0 Å². The molecule has 2 aromatic carbocycles. The number of aromatic nitrogens is 2. The van der Waals surface area contributed by atoms with Gasteiger partial charge in [0, 0.05) is 13.0 Å². The maximum absolute atomic E-state index is 12.7. The van der Waals surface area contributed by atoms with Gasteiger partial charge in [0.2, 0.25) is 5.91 Å². The Hall–Kier alpha value is -3.65. The minimum absolute atomic E-state index is 0.0147. The number of aryl methyl sites for hydroxylation is 2. The van der Waals surface area contributed by atoms with E-state index in [4.69, 9.17) is 16.3 Å². The van der Waals surface area contributed by atoms with Crippen LogP contribution in [0.4, 0.5) is 11.4 Å². The van der Waals surface area contributed by atoms with Crippen LogP contribution in [0.5, 0.6) is 0 Å². The number of benzene rings is 2. The number of para-hydroxylation sites is 2. The second-order valence-corrected chi connectivity index (χ2v) is 8.54. The first-order chi connectivity index (χ1) is 16.3. The first-order valence-corrected chi connectivity index (χ1v) is 11.4. The van der Waals surface area contributed by atoms with Crippen LogP contribution in [0, 0.1) is 13.8 Å². The number of rotatable bonds is 7. The molecule has 1 fully saturated rings. The number of carbonyl (C=O) groups excluding carboxylic acids is 3. The van der Waals surface area contributed by atoms with Crippen molar-refractivity contribution in [2.24, 2.45) is 0 Å². The highest BCUT2D eigenvalue weighted by Gasteiger charge is 2.25. The predicted molar refractivity (Wildman–Crippen MR) is 129 cm³/mol. The van der Waals surface area contributed by atoms with Gasteiger partial charge in [-0.15, -0.1) is 0 Å². The molecule has 0 spiro atoms. The Labute approximate surface area is 202 Å². The lowest BCUT2D eigenvalue weighted by molar-refractivity contribution is -0.119. The van der Waals surface area contributed by atoms with E-state index in [1.807, 2.05) is 31.2 Å². The van der Waals surface area contributed by atoms with E-state index >= 15 is 0 Å². The van der Waals surface area contributed by atoms with Gasteiger partial charge in [0.1, 0.15) is 10.7 Å². The number of anilines is 2. The van der Waals surface area contributed by atoms with Crippen molar-refractivity contribution in [2.75, 3.05) is 23.4 Å². The van der Waals surface area contributed by atoms with Crippen molar-refractivity contribution in [3.05, 3.63) is 76.1 Å². The van der Waals surface area contributed by atoms with Crippen LogP contribution in [-0.4, -0.2) is 40.7 Å². The number of nitrogens with one attached hydrogen (secondary N) is 1. The normalized spacial score (nSPS) is 13.3. The van der Waals surface area contributed by atoms with Crippen molar-refractivity contribution in [3.63, 3.8) is 0 Å². The smallest absolute Gasteiger partial charge is 0.343 e. The van der Waals surface area contributed by atoms with E-state index < -0.39 is 18.5 Å². The molecule has 0 atom stereocenters. The maximum atomic E-state index is 12.7. The molecule has 1 N–H and O–H groups in total. The van der Waals surface area contributed by atoms with E-state index in [0.717, 1.165) is 17.5 Å². The average Bonchev–Trinajstić information content (AvgIpc) is 3.36. The Kier molecular flexibility index (Phi) is 6.98. The molecule has 1 aliphatic heterocycles. The van der Waals surface area contributed by atoms with E-state index in [1.54, 1.807) is 36.1 Å². The minimum Gasteiger partial charge on any atom is -0.452 e. The van der Waals surface area contributed by atoms with Gasteiger partial charge in [-0.2, -0.15) is 5.10 Å². The van der Waals surface area contributed by atoms with Gasteiger partial charge in [0.05, 0.1) is 23.6 Å². The number of hydrogen-bond acceptors (Lipinski definition) is 5. The number of nitrogens with zero attached hydrogens (tertiary/aromatic N) is 3. The molecular formula is C25H25ClN4O4. The molecule has 4 rings (SSSR count). The summed E-state index contributed by atoms with van der Waals surface area (Å²) in [7, 11) is 0. The summed E-state index contributed by atoms with van der Waals surface area (Å²) in [4.78, 5) is 38.9. The fourth-order valence-electron chi connectivity index (χ4n) is 3.86. The van der Waals surface area contributed by atoms with Crippen LogP contribution in [0.2, 0.25) is 5.15 Å². The zero-order valence-corrected chi connectivity index (χ0v) is 19.8. The van der Waals surface area contributed by atoms with Gasteiger partial charge in [-0.3, -0.25) is 9.59 Å². The van der Waals surface area contributed by atoms with Crippen LogP contribution in [-0.2, 0) is 20.9 Å². The number of carbonyl (C=O) groups is 3. The molecule has 176 valence electrons. The van der Waals surface area contributed by atoms with Gasteiger partial charge in [-0.05, 0) is 38.0 Å². The highest BCUT2D eigenvalue weighted by atomic mass is 35.5. The van der Waals surface area contributed by atoms with Gasteiger partial charge < -0.3 is 15.0 Å². The third-order valence-corrected chi connectivity index (χ3v) is 5.98. The Morgan fingerprint density at radius 2 is 1.85 bits per heavy atom. The third-order valence-electron chi connectivity index (χ3n) is 5.60. The summed E-state index contributed by atoms with van der Waals surface area (Å²) < 4.78 is 6.75. The largest absolute Gasteiger partial charge is 0.452 e. The summed E-state index contributed by atoms with van der Waals surface area (Å²) in [5.41, 5.74) is 3.79.